The van der Waals surface area contributed by atoms with Gasteiger partial charge in [0.1, 0.15) is 17.2 Å². The van der Waals surface area contributed by atoms with Crippen LogP contribution in [-0.2, 0) is 14.3 Å². The number of halogens is 1. The molecule has 1 aromatic heterocycles. The number of methoxy groups -OCH3 is 1. The molecule has 0 radical (unpaired) electrons. The van der Waals surface area contributed by atoms with Gasteiger partial charge in [-0.15, -0.1) is 0 Å². The minimum absolute atomic E-state index is 0.0631. The molecule has 4 aromatic rings. The zero-order chi connectivity index (χ0) is 27.4. The third kappa shape index (κ3) is 5.62. The first-order valence-electron chi connectivity index (χ1n) is 11.9. The van der Waals surface area contributed by atoms with Crippen LogP contribution in [-0.4, -0.2) is 46.9 Å². The van der Waals surface area contributed by atoms with Crippen LogP contribution in [0.15, 0.2) is 85.1 Å². The number of rotatable bonds is 9. The number of nitrogens with one attached hydrogen (secondary N) is 2. The van der Waals surface area contributed by atoms with E-state index in [1.807, 2.05) is 60.8 Å². The van der Waals surface area contributed by atoms with Gasteiger partial charge in [0, 0.05) is 30.3 Å². The Balaban J connectivity index is 1.25. The Morgan fingerprint density at radius 3 is 2.03 bits per heavy atom. The smallest absolute Gasteiger partial charge is 0.328 e. The molecule has 2 N–H and O–H groups in total. The molecule has 1 saturated heterocycles. The zero-order valence-corrected chi connectivity index (χ0v) is 21.5. The highest BCUT2D eigenvalue weighted by molar-refractivity contribution is 6.30. The van der Waals surface area contributed by atoms with E-state index < -0.39 is 23.4 Å². The Labute approximate surface area is 228 Å². The van der Waals surface area contributed by atoms with Crippen molar-refractivity contribution in [2.24, 2.45) is 0 Å². The molecule has 10 nitrogen and oxygen atoms in total. The van der Waals surface area contributed by atoms with Crippen LogP contribution in [0.5, 0.6) is 17.2 Å². The van der Waals surface area contributed by atoms with Gasteiger partial charge in [-0.3, -0.25) is 20.2 Å². The van der Waals surface area contributed by atoms with Gasteiger partial charge in [-0.1, -0.05) is 11.6 Å². The molecule has 1 aliphatic rings. The van der Waals surface area contributed by atoms with Gasteiger partial charge in [0.15, 0.2) is 0 Å². The number of carbonyl (C=O) groups excluding carboxylic acids is 3. The number of barbiturate groups is 1. The highest BCUT2D eigenvalue weighted by Crippen LogP contribution is 2.29. The number of carbonyl (C=O) groups is 3. The zero-order valence-electron chi connectivity index (χ0n) is 20.7. The van der Waals surface area contributed by atoms with Crippen LogP contribution in [0.3, 0.4) is 0 Å². The fourth-order valence-electron chi connectivity index (χ4n) is 3.98. The van der Waals surface area contributed by atoms with E-state index in [-0.39, 0.29) is 18.8 Å². The number of hydrogen-bond donors (Lipinski definition) is 2. The molecule has 0 aliphatic carbocycles. The normalized spacial score (nSPS) is 14.5. The SMILES string of the molecule is COCCC1(Oc2ccc(Oc3ccc(-c4ccn(-c5ccc(Cl)cc5)n4)cc3)cc2)C(=O)NC(=O)NC1=O. The van der Waals surface area contributed by atoms with Gasteiger partial charge in [0.05, 0.1) is 18.0 Å². The quantitative estimate of drug-likeness (QED) is 0.296. The van der Waals surface area contributed by atoms with Crippen molar-refractivity contribution in [3.63, 3.8) is 0 Å². The van der Waals surface area contributed by atoms with E-state index >= 15 is 0 Å². The second kappa shape index (κ2) is 11.0. The fourth-order valence-corrected chi connectivity index (χ4v) is 4.11. The molecule has 1 fully saturated rings. The van der Waals surface area contributed by atoms with Crippen molar-refractivity contribution in [1.82, 2.24) is 20.4 Å². The summed E-state index contributed by atoms with van der Waals surface area (Å²) in [6, 6.07) is 22.3. The van der Waals surface area contributed by atoms with E-state index in [0.717, 1.165) is 16.9 Å². The molecule has 0 saturated carbocycles. The number of amides is 4. The summed E-state index contributed by atoms with van der Waals surface area (Å²) in [5.41, 5.74) is 0.685. The molecule has 4 amide bonds. The van der Waals surface area contributed by atoms with Crippen LogP contribution in [0.4, 0.5) is 4.79 Å². The van der Waals surface area contributed by atoms with Gasteiger partial charge in [-0.2, -0.15) is 5.10 Å². The average Bonchev–Trinajstić information content (AvgIpc) is 3.42. The molecule has 0 atom stereocenters. The second-order valence-corrected chi connectivity index (χ2v) is 9.07. The van der Waals surface area contributed by atoms with Gasteiger partial charge in [-0.25, -0.2) is 9.48 Å². The summed E-state index contributed by atoms with van der Waals surface area (Å²) >= 11 is 5.97. The topological polar surface area (TPSA) is 121 Å². The van der Waals surface area contributed by atoms with E-state index in [9.17, 15) is 14.4 Å². The number of benzene rings is 3. The number of nitrogens with zero attached hydrogens (tertiary/aromatic N) is 2. The number of ether oxygens (including phenoxy) is 3. The minimum Gasteiger partial charge on any atom is -0.467 e. The predicted octanol–water partition coefficient (Wildman–Crippen LogP) is 4.51. The number of hydrogen-bond acceptors (Lipinski definition) is 7. The lowest BCUT2D eigenvalue weighted by Crippen LogP contribution is -2.69. The molecule has 2 heterocycles. The maximum atomic E-state index is 12.6. The van der Waals surface area contributed by atoms with Crippen molar-refractivity contribution in [1.29, 1.82) is 0 Å². The molecule has 198 valence electrons. The maximum absolute atomic E-state index is 12.6. The summed E-state index contributed by atoms with van der Waals surface area (Å²) < 4.78 is 18.5. The highest BCUT2D eigenvalue weighted by Gasteiger charge is 2.52. The Hall–Kier alpha value is -4.67. The molecule has 0 bridgehead atoms. The first-order chi connectivity index (χ1) is 18.9. The third-order valence-electron chi connectivity index (χ3n) is 6.03. The lowest BCUT2D eigenvalue weighted by Gasteiger charge is -2.34. The Morgan fingerprint density at radius 1 is 0.821 bits per heavy atom. The summed E-state index contributed by atoms with van der Waals surface area (Å²) in [7, 11) is 1.43. The number of imide groups is 2. The fraction of sp³-hybridized carbons (Fsp3) is 0.143. The van der Waals surface area contributed by atoms with Gasteiger partial charge in [0.25, 0.3) is 17.4 Å². The molecule has 11 heteroatoms. The van der Waals surface area contributed by atoms with Crippen LogP contribution in [0.25, 0.3) is 16.9 Å². The van der Waals surface area contributed by atoms with E-state index in [2.05, 4.69) is 15.7 Å². The summed E-state index contributed by atoms with van der Waals surface area (Å²) in [4.78, 5) is 36.6. The summed E-state index contributed by atoms with van der Waals surface area (Å²) in [5.74, 6) is -0.352. The van der Waals surface area contributed by atoms with Crippen molar-refractivity contribution < 1.29 is 28.6 Å². The minimum atomic E-state index is -1.94. The van der Waals surface area contributed by atoms with E-state index in [4.69, 9.17) is 25.8 Å². The largest absolute Gasteiger partial charge is 0.467 e. The molecule has 3 aromatic carbocycles. The van der Waals surface area contributed by atoms with E-state index in [1.165, 1.54) is 7.11 Å². The first-order valence-corrected chi connectivity index (χ1v) is 12.3. The van der Waals surface area contributed by atoms with E-state index in [1.54, 1.807) is 28.9 Å². The molecule has 1 aliphatic heterocycles. The Bertz CT molecular complexity index is 1480. The Kier molecular flexibility index (Phi) is 7.31. The van der Waals surface area contributed by atoms with E-state index in [0.29, 0.717) is 16.5 Å². The van der Waals surface area contributed by atoms with Gasteiger partial charge in [-0.05, 0) is 78.9 Å². The maximum Gasteiger partial charge on any atom is 0.328 e. The average molecular weight is 547 g/mol. The molecule has 5 rings (SSSR count). The molecular weight excluding hydrogens is 524 g/mol. The summed E-state index contributed by atoms with van der Waals surface area (Å²) in [5, 5.41) is 9.44. The lowest BCUT2D eigenvalue weighted by molar-refractivity contribution is -0.153. The number of aromatic nitrogens is 2. The van der Waals surface area contributed by atoms with Crippen molar-refractivity contribution in [3.05, 3.63) is 90.1 Å². The second-order valence-electron chi connectivity index (χ2n) is 8.63. The molecule has 0 spiro atoms. The molecule has 39 heavy (non-hydrogen) atoms. The highest BCUT2D eigenvalue weighted by atomic mass is 35.5. The first kappa shape index (κ1) is 26.0. The van der Waals surface area contributed by atoms with Gasteiger partial charge >= 0.3 is 6.03 Å². The standard InChI is InChI=1S/C28H23ClN4O6/c1-37-17-15-28(25(34)30-27(36)31-26(28)35)39-23-12-10-22(11-13-23)38-21-8-2-18(3-9-21)24-14-16-33(32-24)20-6-4-19(29)5-7-20/h2-14,16H,15,17H2,1H3,(H2,30,31,34,35,36). The lowest BCUT2D eigenvalue weighted by atomic mass is 9.95. The van der Waals surface area contributed by atoms with Crippen molar-refractivity contribution >= 4 is 29.4 Å². The van der Waals surface area contributed by atoms with Crippen LogP contribution in [0.2, 0.25) is 5.02 Å². The number of urea groups is 1. The molecule has 0 unspecified atom stereocenters. The van der Waals surface area contributed by atoms with Crippen LogP contribution in [0.1, 0.15) is 6.42 Å². The van der Waals surface area contributed by atoms with Crippen molar-refractivity contribution in [2.75, 3.05) is 13.7 Å². The summed E-state index contributed by atoms with van der Waals surface area (Å²) in [6.07, 6.45) is 1.79. The Morgan fingerprint density at radius 2 is 1.41 bits per heavy atom. The van der Waals surface area contributed by atoms with Crippen LogP contribution < -0.4 is 20.1 Å². The van der Waals surface area contributed by atoms with Crippen molar-refractivity contribution in [2.45, 2.75) is 12.0 Å². The monoisotopic (exact) mass is 546 g/mol. The van der Waals surface area contributed by atoms with Crippen molar-refractivity contribution in [3.8, 4) is 34.2 Å². The van der Waals surface area contributed by atoms with Gasteiger partial charge in [0.2, 0.25) is 0 Å². The predicted molar refractivity (Wildman–Crippen MR) is 142 cm³/mol. The van der Waals surface area contributed by atoms with Crippen LogP contribution >= 0.6 is 11.6 Å². The summed E-state index contributed by atoms with van der Waals surface area (Å²) in [6.45, 7) is 0.0631. The van der Waals surface area contributed by atoms with Crippen LogP contribution in [0, 0.1) is 0 Å². The molecular formula is C28H23ClN4O6. The third-order valence-corrected chi connectivity index (χ3v) is 6.28. The van der Waals surface area contributed by atoms with Gasteiger partial charge < -0.3 is 14.2 Å².